The van der Waals surface area contributed by atoms with Gasteiger partial charge in [0.1, 0.15) is 5.69 Å². The smallest absolute Gasteiger partial charge is 0.339 e. The Morgan fingerprint density at radius 1 is 1.26 bits per heavy atom. The number of carbonyl (C=O) groups excluding carboxylic acids is 2. The largest absolute Gasteiger partial charge is 0.465 e. The molecule has 1 N–H and O–H groups in total. The summed E-state index contributed by atoms with van der Waals surface area (Å²) in [4.78, 5) is 30.3. The summed E-state index contributed by atoms with van der Waals surface area (Å²) in [6, 6.07) is 11.0. The Kier molecular flexibility index (Phi) is 6.42. The number of ether oxygens (including phenoxy) is 1. The van der Waals surface area contributed by atoms with Crippen LogP contribution in [0.1, 0.15) is 39.3 Å². The number of rotatable bonds is 5. The zero-order valence-electron chi connectivity index (χ0n) is 15.2. The van der Waals surface area contributed by atoms with Gasteiger partial charge in [-0.05, 0) is 49.2 Å². The molecule has 0 aliphatic carbocycles. The maximum Gasteiger partial charge on any atom is 0.339 e. The van der Waals surface area contributed by atoms with Crippen LogP contribution in [0.5, 0.6) is 0 Å². The number of nitrogens with one attached hydrogen (secondary N) is 1. The Morgan fingerprint density at radius 3 is 2.70 bits per heavy atom. The molecule has 1 aliphatic rings. The molecule has 2 aromatic rings. The number of piperidine rings is 1. The zero-order chi connectivity index (χ0) is 19.2. The van der Waals surface area contributed by atoms with Gasteiger partial charge in [-0.1, -0.05) is 23.7 Å². The van der Waals surface area contributed by atoms with Gasteiger partial charge >= 0.3 is 5.97 Å². The fraction of sp³-hybridized carbons (Fsp3) is 0.350. The second-order valence-corrected chi connectivity index (χ2v) is 7.03. The molecule has 0 spiro atoms. The van der Waals surface area contributed by atoms with Crippen LogP contribution in [-0.2, 0) is 11.3 Å². The van der Waals surface area contributed by atoms with Crippen molar-refractivity contribution in [1.82, 2.24) is 15.2 Å². The molecule has 1 amide bonds. The Morgan fingerprint density at radius 2 is 2.04 bits per heavy atom. The van der Waals surface area contributed by atoms with Crippen molar-refractivity contribution in [3.05, 3.63) is 64.4 Å². The number of hydrogen-bond donors (Lipinski definition) is 1. The van der Waals surface area contributed by atoms with E-state index < -0.39 is 5.97 Å². The highest BCUT2D eigenvalue weighted by Gasteiger charge is 2.22. The van der Waals surface area contributed by atoms with Crippen molar-refractivity contribution >= 4 is 23.5 Å². The number of likely N-dealkylation sites (tertiary alicyclic amines) is 1. The van der Waals surface area contributed by atoms with E-state index in [9.17, 15) is 9.59 Å². The Hall–Kier alpha value is -2.44. The molecule has 1 fully saturated rings. The third kappa shape index (κ3) is 5.28. The van der Waals surface area contributed by atoms with E-state index in [1.807, 2.05) is 24.3 Å². The van der Waals surface area contributed by atoms with Gasteiger partial charge in [-0.2, -0.15) is 0 Å². The summed E-state index contributed by atoms with van der Waals surface area (Å²) in [6.07, 6.45) is 3.31. The first-order valence-corrected chi connectivity index (χ1v) is 9.25. The lowest BCUT2D eigenvalue weighted by Crippen LogP contribution is -2.47. The first-order chi connectivity index (χ1) is 13.0. The topological polar surface area (TPSA) is 71.5 Å². The van der Waals surface area contributed by atoms with Gasteiger partial charge in [0, 0.05) is 30.4 Å². The summed E-state index contributed by atoms with van der Waals surface area (Å²) in [7, 11) is 1.31. The van der Waals surface area contributed by atoms with E-state index in [0.717, 1.165) is 37.5 Å². The van der Waals surface area contributed by atoms with Crippen molar-refractivity contribution in [2.75, 3.05) is 20.2 Å². The van der Waals surface area contributed by atoms with Crippen molar-refractivity contribution in [3.8, 4) is 0 Å². The monoisotopic (exact) mass is 387 g/mol. The number of nitrogens with zero attached hydrogens (tertiary/aromatic N) is 2. The quantitative estimate of drug-likeness (QED) is 0.799. The SMILES string of the molecule is COC(=O)c1ccc(C(=O)NC2CCCN(Cc3ccc(Cl)cc3)C2)nc1. The molecule has 2 heterocycles. The summed E-state index contributed by atoms with van der Waals surface area (Å²) < 4.78 is 4.63. The summed E-state index contributed by atoms with van der Waals surface area (Å²) in [5.74, 6) is -0.704. The minimum atomic E-state index is -0.473. The van der Waals surface area contributed by atoms with Crippen LogP contribution in [0.4, 0.5) is 0 Å². The van der Waals surface area contributed by atoms with Crippen LogP contribution < -0.4 is 5.32 Å². The number of halogens is 1. The molecule has 0 saturated carbocycles. The van der Waals surface area contributed by atoms with Gasteiger partial charge < -0.3 is 10.1 Å². The van der Waals surface area contributed by atoms with E-state index in [2.05, 4.69) is 19.9 Å². The number of hydrogen-bond acceptors (Lipinski definition) is 5. The van der Waals surface area contributed by atoms with Gasteiger partial charge in [0.05, 0.1) is 12.7 Å². The van der Waals surface area contributed by atoms with Crippen molar-refractivity contribution in [2.45, 2.75) is 25.4 Å². The van der Waals surface area contributed by atoms with E-state index >= 15 is 0 Å². The van der Waals surface area contributed by atoms with Crippen LogP contribution in [0.3, 0.4) is 0 Å². The van der Waals surface area contributed by atoms with Crippen LogP contribution in [0.15, 0.2) is 42.6 Å². The number of amides is 1. The lowest BCUT2D eigenvalue weighted by Gasteiger charge is -2.33. The van der Waals surface area contributed by atoms with E-state index in [4.69, 9.17) is 11.6 Å². The summed E-state index contributed by atoms with van der Waals surface area (Å²) in [5.41, 5.74) is 1.81. The van der Waals surface area contributed by atoms with Gasteiger partial charge in [-0.3, -0.25) is 14.7 Å². The second kappa shape index (κ2) is 8.97. The molecule has 0 bridgehead atoms. The lowest BCUT2D eigenvalue weighted by atomic mass is 10.0. The summed E-state index contributed by atoms with van der Waals surface area (Å²) in [5, 5.41) is 3.77. The minimum Gasteiger partial charge on any atom is -0.465 e. The minimum absolute atomic E-state index is 0.0700. The third-order valence-electron chi connectivity index (χ3n) is 4.58. The number of pyridine rings is 1. The predicted molar refractivity (Wildman–Crippen MR) is 103 cm³/mol. The number of methoxy groups -OCH3 is 1. The van der Waals surface area contributed by atoms with Crippen molar-refractivity contribution < 1.29 is 14.3 Å². The van der Waals surface area contributed by atoms with E-state index in [-0.39, 0.29) is 17.6 Å². The van der Waals surface area contributed by atoms with E-state index in [0.29, 0.717) is 5.56 Å². The van der Waals surface area contributed by atoms with Crippen LogP contribution in [0.25, 0.3) is 0 Å². The highest BCUT2D eigenvalue weighted by atomic mass is 35.5. The average molecular weight is 388 g/mol. The summed E-state index contributed by atoms with van der Waals surface area (Å²) >= 11 is 5.94. The van der Waals surface area contributed by atoms with E-state index in [1.165, 1.54) is 24.9 Å². The van der Waals surface area contributed by atoms with E-state index in [1.54, 1.807) is 6.07 Å². The Labute approximate surface area is 163 Å². The fourth-order valence-electron chi connectivity index (χ4n) is 3.19. The maximum atomic E-state index is 12.4. The highest BCUT2D eigenvalue weighted by Crippen LogP contribution is 2.16. The van der Waals surface area contributed by atoms with Gasteiger partial charge in [-0.25, -0.2) is 4.79 Å². The van der Waals surface area contributed by atoms with Crippen molar-refractivity contribution in [2.24, 2.45) is 0 Å². The van der Waals surface area contributed by atoms with Gasteiger partial charge in [0.25, 0.3) is 5.91 Å². The van der Waals surface area contributed by atoms with Gasteiger partial charge in [0.15, 0.2) is 0 Å². The number of esters is 1. The molecule has 1 atom stereocenters. The van der Waals surface area contributed by atoms with Crippen LogP contribution >= 0.6 is 11.6 Å². The van der Waals surface area contributed by atoms with Crippen LogP contribution in [-0.4, -0.2) is 48.0 Å². The molecular weight excluding hydrogens is 366 g/mol. The van der Waals surface area contributed by atoms with Crippen molar-refractivity contribution in [1.29, 1.82) is 0 Å². The first-order valence-electron chi connectivity index (χ1n) is 8.87. The number of carbonyl (C=O) groups is 2. The molecule has 1 unspecified atom stereocenters. The summed E-state index contributed by atoms with van der Waals surface area (Å²) in [6.45, 7) is 2.62. The maximum absolute atomic E-state index is 12.4. The molecule has 1 aromatic heterocycles. The molecule has 142 valence electrons. The van der Waals surface area contributed by atoms with Crippen LogP contribution in [0.2, 0.25) is 5.02 Å². The molecule has 1 aromatic carbocycles. The lowest BCUT2D eigenvalue weighted by molar-refractivity contribution is 0.0599. The Balaban J connectivity index is 1.55. The first kappa shape index (κ1) is 19.3. The molecule has 1 saturated heterocycles. The highest BCUT2D eigenvalue weighted by molar-refractivity contribution is 6.30. The molecule has 3 rings (SSSR count). The molecule has 1 aliphatic heterocycles. The zero-order valence-corrected chi connectivity index (χ0v) is 15.9. The number of aromatic nitrogens is 1. The molecular formula is C20H22ClN3O3. The third-order valence-corrected chi connectivity index (χ3v) is 4.83. The molecule has 6 nitrogen and oxygen atoms in total. The second-order valence-electron chi connectivity index (χ2n) is 6.60. The van der Waals surface area contributed by atoms with Gasteiger partial charge in [-0.15, -0.1) is 0 Å². The van der Waals surface area contributed by atoms with Gasteiger partial charge in [0.2, 0.25) is 0 Å². The number of benzene rings is 1. The predicted octanol–water partition coefficient (Wildman–Crippen LogP) is 2.92. The molecule has 0 radical (unpaired) electrons. The van der Waals surface area contributed by atoms with Crippen LogP contribution in [0, 0.1) is 0 Å². The Bertz CT molecular complexity index is 793. The molecule has 27 heavy (non-hydrogen) atoms. The standard InChI is InChI=1S/C20H22ClN3O3/c1-27-20(26)15-6-9-18(22-11-15)19(25)23-17-3-2-10-24(13-17)12-14-4-7-16(21)8-5-14/h4-9,11,17H,2-3,10,12-13H2,1H3,(H,23,25). The molecule has 7 heteroatoms. The fourth-order valence-corrected chi connectivity index (χ4v) is 3.32. The van der Waals surface area contributed by atoms with Crippen molar-refractivity contribution in [3.63, 3.8) is 0 Å². The normalized spacial score (nSPS) is 17.3. The average Bonchev–Trinajstić information content (AvgIpc) is 2.69.